The molecule has 1 fully saturated rings. The largest absolute Gasteiger partial charge is 0.487 e. The van der Waals surface area contributed by atoms with E-state index in [2.05, 4.69) is 5.32 Å². The van der Waals surface area contributed by atoms with Crippen molar-refractivity contribution in [3.63, 3.8) is 0 Å². The molecule has 2 aliphatic rings. The van der Waals surface area contributed by atoms with Crippen molar-refractivity contribution >= 4 is 17.6 Å². The summed E-state index contributed by atoms with van der Waals surface area (Å²) in [7, 11) is 5.01. The van der Waals surface area contributed by atoms with E-state index in [9.17, 15) is 14.7 Å². The number of methoxy groups -OCH3 is 1. The van der Waals surface area contributed by atoms with Crippen LogP contribution in [-0.4, -0.2) is 74.6 Å². The monoisotopic (exact) mass is 378 g/mol. The first-order valence-corrected chi connectivity index (χ1v) is 8.99. The number of carbonyl (C=O) groups is 2. The lowest BCUT2D eigenvalue weighted by molar-refractivity contribution is -0.156. The van der Waals surface area contributed by atoms with Crippen LogP contribution >= 0.6 is 0 Å². The van der Waals surface area contributed by atoms with Crippen LogP contribution in [0.2, 0.25) is 0 Å². The van der Waals surface area contributed by atoms with Crippen LogP contribution in [0.4, 0.5) is 5.69 Å². The molecule has 8 nitrogen and oxygen atoms in total. The van der Waals surface area contributed by atoms with E-state index in [0.29, 0.717) is 18.7 Å². The maximum Gasteiger partial charge on any atom is 0.308 e. The van der Waals surface area contributed by atoms with Gasteiger partial charge in [0.2, 0.25) is 5.91 Å². The summed E-state index contributed by atoms with van der Waals surface area (Å²) in [6.07, 6.45) is -0.468. The molecule has 1 amide bonds. The zero-order valence-electron chi connectivity index (χ0n) is 15.8. The van der Waals surface area contributed by atoms with Crippen molar-refractivity contribution in [3.8, 4) is 5.75 Å². The number of ether oxygens (including phenoxy) is 3. The van der Waals surface area contributed by atoms with Crippen molar-refractivity contribution in [2.45, 2.75) is 37.1 Å². The molecule has 4 atom stereocenters. The number of nitrogens with zero attached hydrogens (tertiary/aromatic N) is 1. The van der Waals surface area contributed by atoms with Gasteiger partial charge in [-0.3, -0.25) is 9.59 Å². The molecular formula is C19H26N2O6. The normalized spacial score (nSPS) is 26.1. The quantitative estimate of drug-likeness (QED) is 0.705. The van der Waals surface area contributed by atoms with E-state index in [-0.39, 0.29) is 43.0 Å². The van der Waals surface area contributed by atoms with Gasteiger partial charge < -0.3 is 29.5 Å². The molecule has 0 bridgehead atoms. The molecule has 1 aromatic carbocycles. The molecular weight excluding hydrogens is 352 g/mol. The third-order valence-corrected chi connectivity index (χ3v) is 4.86. The summed E-state index contributed by atoms with van der Waals surface area (Å²) < 4.78 is 16.6. The van der Waals surface area contributed by atoms with E-state index in [4.69, 9.17) is 14.2 Å². The van der Waals surface area contributed by atoms with Gasteiger partial charge in [0.1, 0.15) is 18.0 Å². The van der Waals surface area contributed by atoms with Crippen molar-refractivity contribution in [1.29, 1.82) is 0 Å². The fourth-order valence-corrected chi connectivity index (χ4v) is 3.72. The van der Waals surface area contributed by atoms with Gasteiger partial charge >= 0.3 is 5.97 Å². The smallest absolute Gasteiger partial charge is 0.308 e. The molecule has 0 aromatic heterocycles. The van der Waals surface area contributed by atoms with Gasteiger partial charge in [-0.05, 0) is 38.7 Å². The lowest BCUT2D eigenvalue weighted by atomic mass is 9.84. The summed E-state index contributed by atoms with van der Waals surface area (Å²) in [5, 5.41) is 12.6. The van der Waals surface area contributed by atoms with Crippen LogP contribution in [0.1, 0.15) is 24.3 Å². The van der Waals surface area contributed by atoms with Crippen molar-refractivity contribution in [2.75, 3.05) is 39.7 Å². The number of likely N-dealkylation sites (N-methyl/N-ethyl adjacent to an activating group) is 1. The average molecular weight is 378 g/mol. The molecule has 1 saturated heterocycles. The third-order valence-electron chi connectivity index (χ3n) is 4.86. The number of anilines is 1. The third kappa shape index (κ3) is 4.40. The molecule has 2 N–H and O–H groups in total. The predicted molar refractivity (Wildman–Crippen MR) is 97.8 cm³/mol. The average Bonchev–Trinajstić information content (AvgIpc) is 2.98. The molecule has 8 heteroatoms. The second-order valence-corrected chi connectivity index (χ2v) is 7.22. The minimum atomic E-state index is -0.516. The SMILES string of the molecule is COC(=O)C[C@@H]1C[C@@H]2c3cc(NC(=O)CN(C)C)ccc3O[C@@H]2[C@@H](CO)O1. The Balaban J connectivity index is 1.78. The summed E-state index contributed by atoms with van der Waals surface area (Å²) in [5.74, 6) is 0.251. The van der Waals surface area contributed by atoms with Gasteiger partial charge in [0.15, 0.2) is 0 Å². The topological polar surface area (TPSA) is 97.3 Å². The van der Waals surface area contributed by atoms with Crippen molar-refractivity contribution in [1.82, 2.24) is 4.90 Å². The lowest BCUT2D eigenvalue weighted by Gasteiger charge is -2.36. The minimum Gasteiger partial charge on any atom is -0.487 e. The van der Waals surface area contributed by atoms with E-state index in [1.165, 1.54) is 7.11 Å². The van der Waals surface area contributed by atoms with Crippen LogP contribution in [0.5, 0.6) is 5.75 Å². The van der Waals surface area contributed by atoms with Gasteiger partial charge in [0, 0.05) is 17.2 Å². The van der Waals surface area contributed by atoms with E-state index < -0.39 is 6.10 Å². The first kappa shape index (κ1) is 19.6. The number of benzene rings is 1. The molecule has 2 heterocycles. The number of esters is 1. The second kappa shape index (κ2) is 8.24. The number of hydrogen-bond acceptors (Lipinski definition) is 7. The van der Waals surface area contributed by atoms with Crippen LogP contribution in [0.3, 0.4) is 0 Å². The van der Waals surface area contributed by atoms with Gasteiger partial charge in [-0.1, -0.05) is 0 Å². The standard InChI is InChI=1S/C19H26N2O6/c1-21(2)9-17(23)20-11-4-5-15-13(6-11)14-7-12(8-18(24)25-3)26-16(10-22)19(14)27-15/h4-6,12,14,16,19,22H,7-10H2,1-3H3,(H,20,23)/t12-,14+,16+,19-/m0/s1. The van der Waals surface area contributed by atoms with Crippen LogP contribution in [-0.2, 0) is 19.1 Å². The summed E-state index contributed by atoms with van der Waals surface area (Å²) in [5.41, 5.74) is 1.65. The molecule has 0 aliphatic carbocycles. The van der Waals surface area contributed by atoms with Crippen molar-refractivity contribution in [3.05, 3.63) is 23.8 Å². The zero-order valence-corrected chi connectivity index (χ0v) is 15.8. The van der Waals surface area contributed by atoms with Gasteiger partial charge in [-0.2, -0.15) is 0 Å². The molecule has 148 valence electrons. The van der Waals surface area contributed by atoms with Gasteiger partial charge in [-0.25, -0.2) is 0 Å². The Hall–Kier alpha value is -2.16. The summed E-state index contributed by atoms with van der Waals surface area (Å²) >= 11 is 0. The molecule has 0 radical (unpaired) electrons. The minimum absolute atomic E-state index is 0.0220. The highest BCUT2D eigenvalue weighted by atomic mass is 16.6. The Kier molecular flexibility index (Phi) is 5.98. The fourth-order valence-electron chi connectivity index (χ4n) is 3.72. The highest BCUT2D eigenvalue weighted by Gasteiger charge is 2.46. The Labute approximate surface area is 158 Å². The number of aliphatic hydroxyl groups is 1. The van der Waals surface area contributed by atoms with Crippen LogP contribution in [0, 0.1) is 0 Å². The maximum atomic E-state index is 12.0. The lowest BCUT2D eigenvalue weighted by Crippen LogP contribution is -2.46. The number of fused-ring (bicyclic) bond motifs is 3. The molecule has 2 aliphatic heterocycles. The van der Waals surface area contributed by atoms with E-state index in [1.54, 1.807) is 11.0 Å². The first-order chi connectivity index (χ1) is 12.9. The molecule has 1 aromatic rings. The number of amides is 1. The number of rotatable bonds is 6. The molecule has 0 spiro atoms. The summed E-state index contributed by atoms with van der Waals surface area (Å²) in [6, 6.07) is 5.52. The van der Waals surface area contributed by atoms with Gasteiger partial charge in [-0.15, -0.1) is 0 Å². The predicted octanol–water partition coefficient (Wildman–Crippen LogP) is 0.744. The number of nitrogens with one attached hydrogen (secondary N) is 1. The van der Waals surface area contributed by atoms with Crippen molar-refractivity contribution in [2.24, 2.45) is 0 Å². The number of carbonyl (C=O) groups excluding carboxylic acids is 2. The van der Waals surface area contributed by atoms with Crippen LogP contribution in [0.25, 0.3) is 0 Å². The Bertz CT molecular complexity index is 707. The van der Waals surface area contributed by atoms with Crippen LogP contribution in [0.15, 0.2) is 18.2 Å². The second-order valence-electron chi connectivity index (χ2n) is 7.22. The van der Waals surface area contributed by atoms with Gasteiger partial charge in [0.05, 0.1) is 32.8 Å². The molecule has 0 saturated carbocycles. The summed E-state index contributed by atoms with van der Waals surface area (Å²) in [6.45, 7) is 0.0977. The maximum absolute atomic E-state index is 12.0. The number of aliphatic hydroxyl groups excluding tert-OH is 1. The molecule has 27 heavy (non-hydrogen) atoms. The molecule has 3 rings (SSSR count). The molecule has 0 unspecified atom stereocenters. The summed E-state index contributed by atoms with van der Waals surface area (Å²) in [4.78, 5) is 25.4. The van der Waals surface area contributed by atoms with E-state index in [0.717, 1.165) is 11.3 Å². The Morgan fingerprint density at radius 3 is 2.81 bits per heavy atom. The van der Waals surface area contributed by atoms with E-state index >= 15 is 0 Å². The van der Waals surface area contributed by atoms with Crippen LogP contribution < -0.4 is 10.1 Å². The Morgan fingerprint density at radius 1 is 1.37 bits per heavy atom. The highest BCUT2D eigenvalue weighted by molar-refractivity contribution is 5.92. The highest BCUT2D eigenvalue weighted by Crippen LogP contribution is 2.47. The zero-order chi connectivity index (χ0) is 19.6. The Morgan fingerprint density at radius 2 is 2.15 bits per heavy atom. The van der Waals surface area contributed by atoms with E-state index in [1.807, 2.05) is 26.2 Å². The van der Waals surface area contributed by atoms with Crippen molar-refractivity contribution < 1.29 is 28.9 Å². The first-order valence-electron chi connectivity index (χ1n) is 8.99. The fraction of sp³-hybridized carbons (Fsp3) is 0.579. The number of hydrogen-bond donors (Lipinski definition) is 2. The van der Waals surface area contributed by atoms with Gasteiger partial charge in [0.25, 0.3) is 0 Å².